The Labute approximate surface area is 128 Å². The monoisotopic (exact) mass is 307 g/mol. The number of hydrogen-bond donors (Lipinski definition) is 4. The molecule has 22 heavy (non-hydrogen) atoms. The first kappa shape index (κ1) is 16.3. The SMILES string of the molecule is COc1ccc(-c2ccn(CC(O)CNCCO)n2)cc1O. The van der Waals surface area contributed by atoms with Crippen LogP contribution < -0.4 is 10.1 Å². The van der Waals surface area contributed by atoms with Crippen molar-refractivity contribution in [2.45, 2.75) is 12.6 Å². The zero-order valence-electron chi connectivity index (χ0n) is 12.4. The lowest BCUT2D eigenvalue weighted by atomic mass is 10.1. The van der Waals surface area contributed by atoms with Crippen LogP contribution in [0.2, 0.25) is 0 Å². The van der Waals surface area contributed by atoms with Gasteiger partial charge in [-0.25, -0.2) is 0 Å². The smallest absolute Gasteiger partial charge is 0.160 e. The van der Waals surface area contributed by atoms with Gasteiger partial charge < -0.3 is 25.4 Å². The van der Waals surface area contributed by atoms with Gasteiger partial charge >= 0.3 is 0 Å². The van der Waals surface area contributed by atoms with E-state index in [-0.39, 0.29) is 12.4 Å². The number of hydrogen-bond acceptors (Lipinski definition) is 6. The van der Waals surface area contributed by atoms with Gasteiger partial charge in [0.1, 0.15) is 0 Å². The van der Waals surface area contributed by atoms with Crippen LogP contribution in [0.25, 0.3) is 11.3 Å². The van der Waals surface area contributed by atoms with Gasteiger partial charge in [-0.1, -0.05) is 0 Å². The summed E-state index contributed by atoms with van der Waals surface area (Å²) in [6.45, 7) is 1.23. The second-order valence-electron chi connectivity index (χ2n) is 4.89. The summed E-state index contributed by atoms with van der Waals surface area (Å²) in [6, 6.07) is 6.89. The molecule has 1 aromatic carbocycles. The summed E-state index contributed by atoms with van der Waals surface area (Å²) in [5.74, 6) is 0.469. The minimum Gasteiger partial charge on any atom is -0.504 e. The van der Waals surface area contributed by atoms with Crippen LogP contribution in [-0.4, -0.2) is 58.0 Å². The van der Waals surface area contributed by atoms with E-state index in [0.29, 0.717) is 31.1 Å². The molecule has 0 aliphatic carbocycles. The number of rotatable bonds is 8. The van der Waals surface area contributed by atoms with Crippen molar-refractivity contribution in [1.82, 2.24) is 15.1 Å². The fraction of sp³-hybridized carbons (Fsp3) is 0.400. The quantitative estimate of drug-likeness (QED) is 0.520. The fourth-order valence-corrected chi connectivity index (χ4v) is 2.09. The summed E-state index contributed by atoms with van der Waals surface area (Å²) in [5, 5.41) is 35.6. The van der Waals surface area contributed by atoms with E-state index >= 15 is 0 Å². The molecule has 0 aliphatic heterocycles. The van der Waals surface area contributed by atoms with Gasteiger partial charge in [-0.05, 0) is 24.3 Å². The second-order valence-corrected chi connectivity index (χ2v) is 4.89. The summed E-state index contributed by atoms with van der Waals surface area (Å²) in [7, 11) is 1.50. The molecule has 2 rings (SSSR count). The summed E-state index contributed by atoms with van der Waals surface area (Å²) < 4.78 is 6.65. The predicted molar refractivity (Wildman–Crippen MR) is 81.8 cm³/mol. The number of benzene rings is 1. The van der Waals surface area contributed by atoms with Crippen molar-refractivity contribution >= 4 is 0 Å². The lowest BCUT2D eigenvalue weighted by Gasteiger charge is -2.11. The Morgan fingerprint density at radius 2 is 2.18 bits per heavy atom. The number of aliphatic hydroxyl groups excluding tert-OH is 2. The molecular weight excluding hydrogens is 286 g/mol. The van der Waals surface area contributed by atoms with Gasteiger partial charge in [-0.2, -0.15) is 5.10 Å². The van der Waals surface area contributed by atoms with Crippen molar-refractivity contribution in [3.05, 3.63) is 30.5 Å². The Hall–Kier alpha value is -2.09. The molecule has 0 saturated carbocycles. The number of aliphatic hydroxyl groups is 2. The third-order valence-electron chi connectivity index (χ3n) is 3.18. The first-order chi connectivity index (χ1) is 10.6. The Morgan fingerprint density at radius 3 is 2.86 bits per heavy atom. The highest BCUT2D eigenvalue weighted by atomic mass is 16.5. The third kappa shape index (κ3) is 4.20. The van der Waals surface area contributed by atoms with Crippen LogP contribution >= 0.6 is 0 Å². The molecule has 0 saturated heterocycles. The molecule has 2 aromatic rings. The Morgan fingerprint density at radius 1 is 1.36 bits per heavy atom. The van der Waals surface area contributed by atoms with Crippen molar-refractivity contribution in [3.63, 3.8) is 0 Å². The summed E-state index contributed by atoms with van der Waals surface area (Å²) in [5.41, 5.74) is 1.47. The standard InChI is InChI=1S/C15H21N3O4/c1-22-15-3-2-11(8-14(15)21)13-4-6-18(17-13)10-12(20)9-16-5-7-19/h2-4,6,8,12,16,19-21H,5,7,9-10H2,1H3. The van der Waals surface area contributed by atoms with Gasteiger partial charge in [-0.3, -0.25) is 4.68 Å². The normalized spacial score (nSPS) is 12.3. The predicted octanol–water partition coefficient (Wildman–Crippen LogP) is 0.207. The third-order valence-corrected chi connectivity index (χ3v) is 3.18. The van der Waals surface area contributed by atoms with Gasteiger partial charge in [0, 0.05) is 24.8 Å². The summed E-state index contributed by atoms with van der Waals surface area (Å²) >= 11 is 0. The molecule has 0 bridgehead atoms. The van der Waals surface area contributed by atoms with Crippen LogP contribution in [0.1, 0.15) is 0 Å². The summed E-state index contributed by atoms with van der Waals surface area (Å²) in [6.07, 6.45) is 1.18. The molecular formula is C15H21N3O4. The lowest BCUT2D eigenvalue weighted by Crippen LogP contribution is -2.32. The number of phenols is 1. The maximum Gasteiger partial charge on any atom is 0.160 e. The van der Waals surface area contributed by atoms with Crippen LogP contribution in [0.3, 0.4) is 0 Å². The van der Waals surface area contributed by atoms with E-state index in [1.165, 1.54) is 7.11 Å². The molecule has 120 valence electrons. The molecule has 0 amide bonds. The maximum atomic E-state index is 9.86. The van der Waals surface area contributed by atoms with Crippen LogP contribution in [-0.2, 0) is 6.54 Å². The fourth-order valence-electron chi connectivity index (χ4n) is 2.09. The van der Waals surface area contributed by atoms with Gasteiger partial charge in [0.05, 0.1) is 32.1 Å². The van der Waals surface area contributed by atoms with E-state index in [9.17, 15) is 10.2 Å². The number of phenolic OH excluding ortho intramolecular Hbond substituents is 1. The van der Waals surface area contributed by atoms with E-state index < -0.39 is 6.10 Å². The van der Waals surface area contributed by atoms with Gasteiger partial charge in [0.15, 0.2) is 11.5 Å². The minimum absolute atomic E-state index is 0.0413. The number of nitrogens with zero attached hydrogens (tertiary/aromatic N) is 2. The van der Waals surface area contributed by atoms with E-state index in [4.69, 9.17) is 9.84 Å². The highest BCUT2D eigenvalue weighted by Crippen LogP contribution is 2.30. The van der Waals surface area contributed by atoms with Crippen molar-refractivity contribution in [2.75, 3.05) is 26.8 Å². The number of ether oxygens (including phenoxy) is 1. The van der Waals surface area contributed by atoms with Gasteiger partial charge in [0.25, 0.3) is 0 Å². The van der Waals surface area contributed by atoms with Gasteiger partial charge in [-0.15, -0.1) is 0 Å². The van der Waals surface area contributed by atoms with Crippen molar-refractivity contribution in [1.29, 1.82) is 0 Å². The lowest BCUT2D eigenvalue weighted by molar-refractivity contribution is 0.144. The first-order valence-corrected chi connectivity index (χ1v) is 7.04. The number of aromatic nitrogens is 2. The van der Waals surface area contributed by atoms with Crippen LogP contribution in [0.4, 0.5) is 0 Å². The second kappa shape index (κ2) is 7.79. The minimum atomic E-state index is -0.594. The molecule has 0 aliphatic rings. The van der Waals surface area contributed by atoms with Crippen LogP contribution in [0.5, 0.6) is 11.5 Å². The zero-order valence-corrected chi connectivity index (χ0v) is 12.4. The number of aromatic hydroxyl groups is 1. The molecule has 0 fully saturated rings. The van der Waals surface area contributed by atoms with Crippen molar-refractivity contribution in [3.8, 4) is 22.8 Å². The Kier molecular flexibility index (Phi) is 5.76. The zero-order chi connectivity index (χ0) is 15.9. The van der Waals surface area contributed by atoms with Crippen molar-refractivity contribution in [2.24, 2.45) is 0 Å². The number of nitrogens with one attached hydrogen (secondary N) is 1. The largest absolute Gasteiger partial charge is 0.504 e. The first-order valence-electron chi connectivity index (χ1n) is 7.04. The highest BCUT2D eigenvalue weighted by Gasteiger charge is 2.09. The molecule has 1 unspecified atom stereocenters. The van der Waals surface area contributed by atoms with E-state index in [1.807, 2.05) is 12.1 Å². The van der Waals surface area contributed by atoms with Crippen molar-refractivity contribution < 1.29 is 20.1 Å². The Balaban J connectivity index is 2.00. The van der Waals surface area contributed by atoms with Gasteiger partial charge in [0.2, 0.25) is 0 Å². The molecule has 0 spiro atoms. The Bertz CT molecular complexity index is 600. The van der Waals surface area contributed by atoms with Crippen LogP contribution in [0, 0.1) is 0 Å². The summed E-state index contributed by atoms with van der Waals surface area (Å²) in [4.78, 5) is 0. The molecule has 7 nitrogen and oxygen atoms in total. The molecule has 1 aromatic heterocycles. The topological polar surface area (TPSA) is 99.8 Å². The van der Waals surface area contributed by atoms with E-state index in [2.05, 4.69) is 10.4 Å². The molecule has 1 heterocycles. The average molecular weight is 307 g/mol. The molecule has 1 atom stereocenters. The average Bonchev–Trinajstić information content (AvgIpc) is 2.96. The highest BCUT2D eigenvalue weighted by molar-refractivity contribution is 5.63. The van der Waals surface area contributed by atoms with E-state index in [0.717, 1.165) is 5.56 Å². The number of methoxy groups -OCH3 is 1. The molecule has 4 N–H and O–H groups in total. The molecule has 7 heteroatoms. The maximum absolute atomic E-state index is 9.86. The molecule has 0 radical (unpaired) electrons. The van der Waals surface area contributed by atoms with E-state index in [1.54, 1.807) is 23.0 Å². The van der Waals surface area contributed by atoms with Crippen LogP contribution in [0.15, 0.2) is 30.5 Å².